The monoisotopic (exact) mass is 226 g/mol. The van der Waals surface area contributed by atoms with Crippen LogP contribution in [-0.4, -0.2) is 9.97 Å². The number of fused-ring (bicyclic) bond motifs is 1. The number of aromatic nitrogens is 2. The van der Waals surface area contributed by atoms with Crippen molar-refractivity contribution >= 4 is 21.7 Å². The van der Waals surface area contributed by atoms with Crippen LogP contribution in [0.5, 0.6) is 0 Å². The highest BCUT2D eigenvalue weighted by molar-refractivity contribution is 7.21. The second-order valence-corrected chi connectivity index (χ2v) is 4.74. The summed E-state index contributed by atoms with van der Waals surface area (Å²) in [5.74, 6) is 0. The summed E-state index contributed by atoms with van der Waals surface area (Å²) in [5, 5.41) is 1.04. The van der Waals surface area contributed by atoms with Crippen molar-refractivity contribution in [3.63, 3.8) is 0 Å². The van der Waals surface area contributed by atoms with Gasteiger partial charge in [-0.05, 0) is 25.1 Å². The van der Waals surface area contributed by atoms with Gasteiger partial charge in [0.1, 0.15) is 5.01 Å². The fourth-order valence-electron chi connectivity index (χ4n) is 1.67. The number of hydrogen-bond donors (Lipinski definition) is 0. The minimum atomic E-state index is 0.837. The number of hydrogen-bond acceptors (Lipinski definition) is 3. The van der Waals surface area contributed by atoms with Crippen molar-refractivity contribution in [2.75, 3.05) is 0 Å². The lowest BCUT2D eigenvalue weighted by molar-refractivity contribution is 1.32. The average molecular weight is 226 g/mol. The maximum atomic E-state index is 4.53. The summed E-state index contributed by atoms with van der Waals surface area (Å²) in [6.45, 7) is 2.09. The molecule has 0 aliphatic heterocycles. The summed E-state index contributed by atoms with van der Waals surface area (Å²) in [4.78, 5) is 8.78. The zero-order valence-electron chi connectivity index (χ0n) is 8.84. The van der Waals surface area contributed by atoms with Gasteiger partial charge in [-0.25, -0.2) is 9.97 Å². The number of nitrogens with zero attached hydrogens (tertiary/aromatic N) is 2. The summed E-state index contributed by atoms with van der Waals surface area (Å²) >= 11 is 1.69. The fraction of sp³-hybridized carbons (Fsp3) is 0.0769. The predicted octanol–water partition coefficient (Wildman–Crippen LogP) is 3.67. The molecule has 0 aliphatic rings. The molecular weight excluding hydrogens is 216 g/mol. The van der Waals surface area contributed by atoms with E-state index in [1.807, 2.05) is 6.07 Å². The Morgan fingerprint density at radius 1 is 1.12 bits per heavy atom. The van der Waals surface area contributed by atoms with Crippen molar-refractivity contribution in [2.24, 2.45) is 0 Å². The van der Waals surface area contributed by atoms with Gasteiger partial charge in [0, 0.05) is 11.8 Å². The molecule has 2 heterocycles. The Kier molecular flexibility index (Phi) is 2.18. The molecule has 0 N–H and O–H groups in total. The lowest BCUT2D eigenvalue weighted by Crippen LogP contribution is -1.78. The van der Waals surface area contributed by atoms with E-state index < -0.39 is 0 Å². The first kappa shape index (κ1) is 9.48. The van der Waals surface area contributed by atoms with E-state index in [4.69, 9.17) is 0 Å². The standard InChI is InChI=1S/C13H10N2S/c1-9-4-2-5-10(8-9)13-15-12-11(16-13)6-3-7-14-12/h2-8H,1H3. The highest BCUT2D eigenvalue weighted by Gasteiger charge is 2.05. The van der Waals surface area contributed by atoms with Crippen LogP contribution in [0.4, 0.5) is 0 Å². The smallest absolute Gasteiger partial charge is 0.170 e. The van der Waals surface area contributed by atoms with Crippen molar-refractivity contribution in [2.45, 2.75) is 6.92 Å². The van der Waals surface area contributed by atoms with Crippen molar-refractivity contribution < 1.29 is 0 Å². The Balaban J connectivity index is 2.19. The van der Waals surface area contributed by atoms with Crippen LogP contribution in [0.1, 0.15) is 5.56 Å². The Labute approximate surface area is 97.6 Å². The van der Waals surface area contributed by atoms with Crippen LogP contribution in [0.3, 0.4) is 0 Å². The highest BCUT2D eigenvalue weighted by Crippen LogP contribution is 2.29. The molecule has 0 amide bonds. The van der Waals surface area contributed by atoms with Crippen molar-refractivity contribution in [1.82, 2.24) is 9.97 Å². The van der Waals surface area contributed by atoms with E-state index in [9.17, 15) is 0 Å². The van der Waals surface area contributed by atoms with Crippen LogP contribution in [0.15, 0.2) is 42.6 Å². The molecule has 78 valence electrons. The molecule has 0 bridgehead atoms. The van der Waals surface area contributed by atoms with E-state index in [0.29, 0.717) is 0 Å². The molecule has 2 aromatic heterocycles. The summed E-state index contributed by atoms with van der Waals surface area (Å²) < 4.78 is 1.14. The van der Waals surface area contributed by atoms with Gasteiger partial charge in [0.15, 0.2) is 5.65 Å². The van der Waals surface area contributed by atoms with E-state index in [0.717, 1.165) is 15.4 Å². The predicted molar refractivity (Wildman–Crippen MR) is 67.6 cm³/mol. The third-order valence-electron chi connectivity index (χ3n) is 2.43. The third-order valence-corrected chi connectivity index (χ3v) is 3.49. The first-order chi connectivity index (χ1) is 7.83. The van der Waals surface area contributed by atoms with Gasteiger partial charge < -0.3 is 0 Å². The number of aryl methyl sites for hydroxylation is 1. The number of benzene rings is 1. The largest absolute Gasteiger partial charge is 0.236 e. The van der Waals surface area contributed by atoms with Crippen LogP contribution < -0.4 is 0 Å². The van der Waals surface area contributed by atoms with E-state index in [1.54, 1.807) is 17.5 Å². The van der Waals surface area contributed by atoms with Crippen LogP contribution >= 0.6 is 11.3 Å². The summed E-state index contributed by atoms with van der Waals surface area (Å²) in [7, 11) is 0. The Morgan fingerprint density at radius 2 is 2.06 bits per heavy atom. The van der Waals surface area contributed by atoms with E-state index in [1.165, 1.54) is 11.1 Å². The highest BCUT2D eigenvalue weighted by atomic mass is 32.1. The van der Waals surface area contributed by atoms with Gasteiger partial charge in [-0.1, -0.05) is 23.8 Å². The van der Waals surface area contributed by atoms with Gasteiger partial charge in [-0.15, -0.1) is 11.3 Å². The van der Waals surface area contributed by atoms with Gasteiger partial charge in [0.05, 0.1) is 4.70 Å². The minimum absolute atomic E-state index is 0.837. The topological polar surface area (TPSA) is 25.8 Å². The molecule has 2 nitrogen and oxygen atoms in total. The van der Waals surface area contributed by atoms with Crippen LogP contribution in [0.2, 0.25) is 0 Å². The summed E-state index contributed by atoms with van der Waals surface area (Å²) in [5.41, 5.74) is 3.26. The third kappa shape index (κ3) is 1.59. The van der Waals surface area contributed by atoms with Gasteiger partial charge in [-0.2, -0.15) is 0 Å². The molecule has 0 saturated carbocycles. The fourth-order valence-corrected chi connectivity index (χ4v) is 2.59. The summed E-state index contributed by atoms with van der Waals surface area (Å²) in [6, 6.07) is 12.4. The Bertz CT molecular complexity index is 610. The first-order valence-corrected chi connectivity index (χ1v) is 5.93. The van der Waals surface area contributed by atoms with Gasteiger partial charge in [0.2, 0.25) is 0 Å². The lowest BCUT2D eigenvalue weighted by atomic mass is 10.1. The van der Waals surface area contributed by atoms with E-state index in [2.05, 4.69) is 47.2 Å². The molecule has 0 atom stereocenters. The molecule has 3 rings (SSSR count). The van der Waals surface area contributed by atoms with E-state index in [-0.39, 0.29) is 0 Å². The molecule has 0 aliphatic carbocycles. The van der Waals surface area contributed by atoms with Gasteiger partial charge >= 0.3 is 0 Å². The molecule has 0 spiro atoms. The molecule has 0 unspecified atom stereocenters. The van der Waals surface area contributed by atoms with Crippen molar-refractivity contribution in [3.8, 4) is 10.6 Å². The molecule has 0 fully saturated rings. The number of pyridine rings is 1. The Morgan fingerprint density at radius 3 is 2.88 bits per heavy atom. The molecule has 0 saturated heterocycles. The van der Waals surface area contributed by atoms with Crippen LogP contribution in [-0.2, 0) is 0 Å². The number of rotatable bonds is 1. The van der Waals surface area contributed by atoms with Gasteiger partial charge in [0.25, 0.3) is 0 Å². The first-order valence-electron chi connectivity index (χ1n) is 5.11. The lowest BCUT2D eigenvalue weighted by Gasteiger charge is -1.96. The number of thiazole rings is 1. The quantitative estimate of drug-likeness (QED) is 0.632. The SMILES string of the molecule is Cc1cccc(-c2nc3ncccc3s2)c1. The maximum absolute atomic E-state index is 4.53. The minimum Gasteiger partial charge on any atom is -0.236 e. The van der Waals surface area contributed by atoms with Crippen molar-refractivity contribution in [1.29, 1.82) is 0 Å². The zero-order chi connectivity index (χ0) is 11.0. The normalized spacial score (nSPS) is 10.8. The summed E-state index contributed by atoms with van der Waals surface area (Å²) in [6.07, 6.45) is 1.78. The molecule has 16 heavy (non-hydrogen) atoms. The Hall–Kier alpha value is -1.74. The maximum Gasteiger partial charge on any atom is 0.170 e. The van der Waals surface area contributed by atoms with Crippen LogP contribution in [0, 0.1) is 6.92 Å². The molecular formula is C13H10N2S. The van der Waals surface area contributed by atoms with Gasteiger partial charge in [-0.3, -0.25) is 0 Å². The van der Waals surface area contributed by atoms with E-state index >= 15 is 0 Å². The second kappa shape index (κ2) is 3.68. The molecule has 3 aromatic rings. The molecule has 3 heteroatoms. The molecule has 0 radical (unpaired) electrons. The van der Waals surface area contributed by atoms with Crippen molar-refractivity contribution in [3.05, 3.63) is 48.2 Å². The zero-order valence-corrected chi connectivity index (χ0v) is 9.66. The molecule has 1 aromatic carbocycles. The average Bonchev–Trinajstić information content (AvgIpc) is 2.72. The second-order valence-electron chi connectivity index (χ2n) is 3.71. The van der Waals surface area contributed by atoms with Crippen LogP contribution in [0.25, 0.3) is 20.9 Å².